The Labute approximate surface area is 152 Å². The van der Waals surface area contributed by atoms with Gasteiger partial charge in [-0.05, 0) is 56.2 Å². The number of anilines is 2. The van der Waals surface area contributed by atoms with Gasteiger partial charge < -0.3 is 16.0 Å². The molecule has 0 bridgehead atoms. The van der Waals surface area contributed by atoms with E-state index in [0.717, 1.165) is 28.1 Å². The summed E-state index contributed by atoms with van der Waals surface area (Å²) in [4.78, 5) is 23.9. The highest BCUT2D eigenvalue weighted by Crippen LogP contribution is 2.21. The van der Waals surface area contributed by atoms with Crippen molar-refractivity contribution < 1.29 is 9.59 Å². The number of amides is 2. The highest BCUT2D eigenvalue weighted by Gasteiger charge is 2.09. The Balaban J connectivity index is 1.79. The molecule has 0 radical (unpaired) electrons. The van der Waals surface area contributed by atoms with Crippen LogP contribution < -0.4 is 16.0 Å². The van der Waals surface area contributed by atoms with Crippen molar-refractivity contribution in [3.05, 3.63) is 58.1 Å². The van der Waals surface area contributed by atoms with Crippen LogP contribution >= 0.6 is 11.6 Å². The van der Waals surface area contributed by atoms with Crippen molar-refractivity contribution in [1.29, 1.82) is 0 Å². The molecule has 0 saturated heterocycles. The summed E-state index contributed by atoms with van der Waals surface area (Å²) in [5.74, 6) is -0.516. The highest BCUT2D eigenvalue weighted by molar-refractivity contribution is 6.30. The van der Waals surface area contributed by atoms with Gasteiger partial charge in [0.25, 0.3) is 0 Å². The van der Waals surface area contributed by atoms with Crippen LogP contribution in [-0.2, 0) is 9.59 Å². The molecule has 2 aromatic carbocycles. The van der Waals surface area contributed by atoms with Gasteiger partial charge in [0.05, 0.1) is 13.1 Å². The molecular formula is C19H22ClN3O2. The Morgan fingerprint density at radius 3 is 2.12 bits per heavy atom. The summed E-state index contributed by atoms with van der Waals surface area (Å²) in [6, 6.07) is 11.1. The average Bonchev–Trinajstić information content (AvgIpc) is 2.55. The maximum absolute atomic E-state index is 12.1. The molecular weight excluding hydrogens is 338 g/mol. The van der Waals surface area contributed by atoms with Crippen molar-refractivity contribution in [2.75, 3.05) is 23.7 Å². The first-order valence-corrected chi connectivity index (χ1v) is 8.37. The van der Waals surface area contributed by atoms with Crippen LogP contribution in [0, 0.1) is 20.8 Å². The molecule has 2 amide bonds. The van der Waals surface area contributed by atoms with Crippen molar-refractivity contribution in [2.45, 2.75) is 20.8 Å². The SMILES string of the molecule is Cc1cc(C)c(NC(=O)CNC(=O)CNc2ccc(Cl)cc2)c(C)c1. The lowest BCUT2D eigenvalue weighted by Crippen LogP contribution is -2.36. The lowest BCUT2D eigenvalue weighted by molar-refractivity contribution is -0.122. The van der Waals surface area contributed by atoms with Crippen molar-refractivity contribution in [2.24, 2.45) is 0 Å². The Morgan fingerprint density at radius 1 is 0.920 bits per heavy atom. The number of carbonyl (C=O) groups is 2. The van der Waals surface area contributed by atoms with Gasteiger partial charge in [-0.15, -0.1) is 0 Å². The van der Waals surface area contributed by atoms with Crippen LogP contribution in [0.25, 0.3) is 0 Å². The van der Waals surface area contributed by atoms with Crippen LogP contribution in [-0.4, -0.2) is 24.9 Å². The number of hydrogen-bond donors (Lipinski definition) is 3. The van der Waals surface area contributed by atoms with E-state index in [1.54, 1.807) is 24.3 Å². The van der Waals surface area contributed by atoms with Crippen LogP contribution in [0.2, 0.25) is 5.02 Å². The topological polar surface area (TPSA) is 70.2 Å². The van der Waals surface area contributed by atoms with Crippen molar-refractivity contribution >= 4 is 34.8 Å². The van der Waals surface area contributed by atoms with E-state index < -0.39 is 0 Å². The van der Waals surface area contributed by atoms with Crippen molar-refractivity contribution in [3.63, 3.8) is 0 Å². The fraction of sp³-hybridized carbons (Fsp3) is 0.263. The fourth-order valence-electron chi connectivity index (χ4n) is 2.55. The second-order valence-corrected chi connectivity index (χ2v) is 6.40. The minimum Gasteiger partial charge on any atom is -0.376 e. The van der Waals surface area contributed by atoms with Gasteiger partial charge in [0.1, 0.15) is 0 Å². The molecule has 132 valence electrons. The zero-order chi connectivity index (χ0) is 18.4. The Hall–Kier alpha value is -2.53. The van der Waals surface area contributed by atoms with Gasteiger partial charge in [-0.2, -0.15) is 0 Å². The number of aryl methyl sites for hydroxylation is 3. The van der Waals surface area contributed by atoms with E-state index in [1.807, 2.05) is 32.9 Å². The Morgan fingerprint density at radius 2 is 1.52 bits per heavy atom. The Bertz CT molecular complexity index is 750. The summed E-state index contributed by atoms with van der Waals surface area (Å²) in [6.07, 6.45) is 0. The van der Waals surface area contributed by atoms with Gasteiger partial charge in [0, 0.05) is 16.4 Å². The second kappa shape index (κ2) is 8.53. The third-order valence-electron chi connectivity index (χ3n) is 3.68. The molecule has 0 heterocycles. The average molecular weight is 360 g/mol. The standard InChI is InChI=1S/C19H22ClN3O2/c1-12-8-13(2)19(14(3)9-12)23-18(25)11-22-17(24)10-21-16-6-4-15(20)5-7-16/h4-9,21H,10-11H2,1-3H3,(H,22,24)(H,23,25). The quantitative estimate of drug-likeness (QED) is 0.740. The van der Waals surface area contributed by atoms with Gasteiger partial charge in [-0.1, -0.05) is 29.3 Å². The number of carbonyl (C=O) groups excluding carboxylic acids is 2. The third-order valence-corrected chi connectivity index (χ3v) is 3.94. The molecule has 3 N–H and O–H groups in total. The highest BCUT2D eigenvalue weighted by atomic mass is 35.5. The molecule has 0 unspecified atom stereocenters. The first-order chi connectivity index (χ1) is 11.8. The smallest absolute Gasteiger partial charge is 0.243 e. The molecule has 0 aliphatic heterocycles. The lowest BCUT2D eigenvalue weighted by atomic mass is 10.1. The number of benzene rings is 2. The van der Waals surface area contributed by atoms with E-state index in [2.05, 4.69) is 16.0 Å². The van der Waals surface area contributed by atoms with Gasteiger partial charge in [0.15, 0.2) is 0 Å². The minimum atomic E-state index is -0.262. The number of hydrogen-bond acceptors (Lipinski definition) is 3. The number of nitrogens with one attached hydrogen (secondary N) is 3. The van der Waals surface area contributed by atoms with E-state index in [4.69, 9.17) is 11.6 Å². The zero-order valence-electron chi connectivity index (χ0n) is 14.6. The minimum absolute atomic E-state index is 0.0755. The van der Waals surface area contributed by atoms with Gasteiger partial charge in [-0.3, -0.25) is 9.59 Å². The van der Waals surface area contributed by atoms with E-state index in [1.165, 1.54) is 0 Å². The summed E-state index contributed by atoms with van der Waals surface area (Å²) in [7, 11) is 0. The van der Waals surface area contributed by atoms with Crippen LogP contribution in [0.15, 0.2) is 36.4 Å². The molecule has 0 aliphatic carbocycles. The summed E-state index contributed by atoms with van der Waals surface area (Å²) >= 11 is 5.80. The van der Waals surface area contributed by atoms with Crippen LogP contribution in [0.4, 0.5) is 11.4 Å². The predicted octanol–water partition coefficient (Wildman–Crippen LogP) is 3.43. The van der Waals surface area contributed by atoms with E-state index >= 15 is 0 Å². The monoisotopic (exact) mass is 359 g/mol. The summed E-state index contributed by atoms with van der Waals surface area (Å²) in [6.45, 7) is 5.92. The Kier molecular flexibility index (Phi) is 6.42. The van der Waals surface area contributed by atoms with E-state index in [9.17, 15) is 9.59 Å². The first-order valence-electron chi connectivity index (χ1n) is 7.99. The molecule has 5 nitrogen and oxygen atoms in total. The summed E-state index contributed by atoms with van der Waals surface area (Å²) in [5.41, 5.74) is 4.73. The maximum Gasteiger partial charge on any atom is 0.243 e. The number of rotatable bonds is 6. The maximum atomic E-state index is 12.1. The molecule has 25 heavy (non-hydrogen) atoms. The van der Waals surface area contributed by atoms with E-state index in [-0.39, 0.29) is 24.9 Å². The van der Waals surface area contributed by atoms with Gasteiger partial charge >= 0.3 is 0 Å². The largest absolute Gasteiger partial charge is 0.376 e. The third kappa shape index (κ3) is 5.80. The van der Waals surface area contributed by atoms with Crippen LogP contribution in [0.3, 0.4) is 0 Å². The normalized spacial score (nSPS) is 10.2. The molecule has 0 saturated carbocycles. The molecule has 2 aromatic rings. The molecule has 0 aliphatic rings. The molecule has 2 rings (SSSR count). The van der Waals surface area contributed by atoms with E-state index in [0.29, 0.717) is 5.02 Å². The molecule has 0 spiro atoms. The molecule has 0 aromatic heterocycles. The summed E-state index contributed by atoms with van der Waals surface area (Å²) < 4.78 is 0. The molecule has 0 atom stereocenters. The predicted molar refractivity (Wildman–Crippen MR) is 102 cm³/mol. The van der Waals surface area contributed by atoms with Gasteiger partial charge in [0.2, 0.25) is 11.8 Å². The first kappa shape index (κ1) is 18.8. The number of halogens is 1. The summed E-state index contributed by atoms with van der Waals surface area (Å²) in [5, 5.41) is 9.05. The lowest BCUT2D eigenvalue weighted by Gasteiger charge is -2.13. The van der Waals surface area contributed by atoms with Gasteiger partial charge in [-0.25, -0.2) is 0 Å². The zero-order valence-corrected chi connectivity index (χ0v) is 15.3. The van der Waals surface area contributed by atoms with Crippen molar-refractivity contribution in [1.82, 2.24) is 5.32 Å². The van der Waals surface area contributed by atoms with Crippen LogP contribution in [0.5, 0.6) is 0 Å². The fourth-order valence-corrected chi connectivity index (χ4v) is 2.68. The second-order valence-electron chi connectivity index (χ2n) is 5.96. The molecule has 0 fully saturated rings. The van der Waals surface area contributed by atoms with Crippen molar-refractivity contribution in [3.8, 4) is 0 Å². The molecule has 6 heteroatoms. The van der Waals surface area contributed by atoms with Crippen LogP contribution in [0.1, 0.15) is 16.7 Å².